The van der Waals surface area contributed by atoms with E-state index in [1.807, 2.05) is 45.3 Å². The highest BCUT2D eigenvalue weighted by Gasteiger charge is 2.16. The van der Waals surface area contributed by atoms with E-state index in [2.05, 4.69) is 27.7 Å². The second kappa shape index (κ2) is 11.1. The average molecular weight is 383 g/mol. The van der Waals surface area contributed by atoms with Crippen LogP contribution in [0.2, 0.25) is 0 Å². The standard InChI is InChI=1S/C22H29N3O3/c1-4-28-20-13-9-8-12-19(20)22(27)24-16-21(26)23-15-18(25(2)3)14-17-10-6-5-7-11-17/h5-13,18H,4,14-16H2,1-3H3,(H,23,26)(H,24,27). The minimum atomic E-state index is -0.326. The summed E-state index contributed by atoms with van der Waals surface area (Å²) >= 11 is 0. The largest absolute Gasteiger partial charge is 0.493 e. The van der Waals surface area contributed by atoms with Gasteiger partial charge in [0.25, 0.3) is 5.91 Å². The van der Waals surface area contributed by atoms with Gasteiger partial charge in [-0.2, -0.15) is 0 Å². The monoisotopic (exact) mass is 383 g/mol. The van der Waals surface area contributed by atoms with Gasteiger partial charge in [0, 0.05) is 12.6 Å². The number of benzene rings is 2. The Kier molecular flexibility index (Phi) is 8.49. The van der Waals surface area contributed by atoms with Gasteiger partial charge in [-0.25, -0.2) is 0 Å². The van der Waals surface area contributed by atoms with Crippen LogP contribution >= 0.6 is 0 Å². The number of nitrogens with one attached hydrogen (secondary N) is 2. The number of hydrogen-bond donors (Lipinski definition) is 2. The van der Waals surface area contributed by atoms with Crippen molar-refractivity contribution in [2.24, 2.45) is 0 Å². The van der Waals surface area contributed by atoms with Gasteiger partial charge in [-0.1, -0.05) is 42.5 Å². The van der Waals surface area contributed by atoms with E-state index in [1.54, 1.807) is 18.2 Å². The van der Waals surface area contributed by atoms with E-state index in [0.717, 1.165) is 6.42 Å². The molecule has 28 heavy (non-hydrogen) atoms. The number of carbonyl (C=O) groups is 2. The number of likely N-dealkylation sites (N-methyl/N-ethyl adjacent to an activating group) is 1. The Morgan fingerprint density at radius 1 is 1.00 bits per heavy atom. The molecule has 2 aromatic carbocycles. The smallest absolute Gasteiger partial charge is 0.255 e. The third-order valence-corrected chi connectivity index (χ3v) is 4.42. The minimum Gasteiger partial charge on any atom is -0.493 e. The highest BCUT2D eigenvalue weighted by atomic mass is 16.5. The van der Waals surface area contributed by atoms with Crippen molar-refractivity contribution in [2.75, 3.05) is 33.8 Å². The molecule has 0 aliphatic rings. The highest BCUT2D eigenvalue weighted by molar-refractivity contribution is 5.98. The van der Waals surface area contributed by atoms with E-state index in [4.69, 9.17) is 4.74 Å². The molecule has 2 N–H and O–H groups in total. The van der Waals surface area contributed by atoms with Crippen LogP contribution in [-0.2, 0) is 11.2 Å². The van der Waals surface area contributed by atoms with Crippen LogP contribution in [0.5, 0.6) is 5.75 Å². The molecule has 0 bridgehead atoms. The molecule has 0 spiro atoms. The lowest BCUT2D eigenvalue weighted by molar-refractivity contribution is -0.120. The molecule has 0 radical (unpaired) electrons. The zero-order valence-electron chi connectivity index (χ0n) is 16.8. The number of hydrogen-bond acceptors (Lipinski definition) is 4. The van der Waals surface area contributed by atoms with Gasteiger partial charge in [0.15, 0.2) is 0 Å². The molecule has 0 saturated heterocycles. The number of nitrogens with zero attached hydrogens (tertiary/aromatic N) is 1. The molecule has 1 atom stereocenters. The third kappa shape index (κ3) is 6.70. The normalized spacial score (nSPS) is 11.7. The summed E-state index contributed by atoms with van der Waals surface area (Å²) in [5.74, 6) is -0.0340. The lowest BCUT2D eigenvalue weighted by Gasteiger charge is -2.25. The Morgan fingerprint density at radius 3 is 2.36 bits per heavy atom. The van der Waals surface area contributed by atoms with E-state index >= 15 is 0 Å². The average Bonchev–Trinajstić information content (AvgIpc) is 2.70. The molecular formula is C22H29N3O3. The van der Waals surface area contributed by atoms with Crippen molar-refractivity contribution in [3.8, 4) is 5.75 Å². The van der Waals surface area contributed by atoms with E-state index < -0.39 is 0 Å². The maximum Gasteiger partial charge on any atom is 0.255 e. The van der Waals surface area contributed by atoms with Crippen molar-refractivity contribution in [1.82, 2.24) is 15.5 Å². The second-order valence-corrected chi connectivity index (χ2v) is 6.72. The molecule has 2 rings (SSSR count). The Balaban J connectivity index is 1.83. The SMILES string of the molecule is CCOc1ccccc1C(=O)NCC(=O)NCC(Cc1ccccc1)N(C)C. The van der Waals surface area contributed by atoms with Crippen molar-refractivity contribution in [3.63, 3.8) is 0 Å². The molecule has 0 fully saturated rings. The fourth-order valence-corrected chi connectivity index (χ4v) is 2.81. The molecule has 0 aliphatic heterocycles. The molecule has 6 nitrogen and oxygen atoms in total. The van der Waals surface area contributed by atoms with E-state index in [-0.39, 0.29) is 24.4 Å². The van der Waals surface area contributed by atoms with Crippen molar-refractivity contribution < 1.29 is 14.3 Å². The summed E-state index contributed by atoms with van der Waals surface area (Å²) in [6.45, 7) is 2.76. The van der Waals surface area contributed by atoms with Crippen molar-refractivity contribution in [1.29, 1.82) is 0 Å². The van der Waals surface area contributed by atoms with Gasteiger partial charge in [-0.15, -0.1) is 0 Å². The van der Waals surface area contributed by atoms with Crippen LogP contribution in [0, 0.1) is 0 Å². The first-order valence-electron chi connectivity index (χ1n) is 9.48. The summed E-state index contributed by atoms with van der Waals surface area (Å²) < 4.78 is 5.46. The second-order valence-electron chi connectivity index (χ2n) is 6.72. The van der Waals surface area contributed by atoms with Crippen LogP contribution in [0.1, 0.15) is 22.8 Å². The first kappa shape index (κ1) is 21.4. The Morgan fingerprint density at radius 2 is 1.68 bits per heavy atom. The van der Waals surface area contributed by atoms with Gasteiger partial charge in [-0.3, -0.25) is 9.59 Å². The van der Waals surface area contributed by atoms with Crippen LogP contribution in [0.4, 0.5) is 0 Å². The zero-order chi connectivity index (χ0) is 20.4. The van der Waals surface area contributed by atoms with E-state index in [1.165, 1.54) is 5.56 Å². The molecule has 150 valence electrons. The molecule has 0 saturated carbocycles. The maximum atomic E-state index is 12.4. The van der Waals surface area contributed by atoms with Gasteiger partial charge in [0.2, 0.25) is 5.91 Å². The number of para-hydroxylation sites is 1. The summed E-state index contributed by atoms with van der Waals surface area (Å²) in [5, 5.41) is 5.56. The summed E-state index contributed by atoms with van der Waals surface area (Å²) in [7, 11) is 3.98. The van der Waals surface area contributed by atoms with Gasteiger partial charge < -0.3 is 20.3 Å². The van der Waals surface area contributed by atoms with Crippen molar-refractivity contribution in [3.05, 3.63) is 65.7 Å². The molecule has 6 heteroatoms. The fraction of sp³-hybridized carbons (Fsp3) is 0.364. The first-order chi connectivity index (χ1) is 13.5. The Labute approximate surface area is 166 Å². The molecule has 2 amide bonds. The number of rotatable bonds is 10. The highest BCUT2D eigenvalue weighted by Crippen LogP contribution is 2.17. The minimum absolute atomic E-state index is 0.0786. The van der Waals surface area contributed by atoms with Crippen LogP contribution in [0.25, 0.3) is 0 Å². The maximum absolute atomic E-state index is 12.4. The Hall–Kier alpha value is -2.86. The molecular weight excluding hydrogens is 354 g/mol. The van der Waals surface area contributed by atoms with Gasteiger partial charge in [-0.05, 0) is 45.1 Å². The van der Waals surface area contributed by atoms with Crippen molar-refractivity contribution in [2.45, 2.75) is 19.4 Å². The summed E-state index contributed by atoms with van der Waals surface area (Å²) in [4.78, 5) is 26.6. The topological polar surface area (TPSA) is 70.7 Å². The van der Waals surface area contributed by atoms with Crippen LogP contribution in [0.15, 0.2) is 54.6 Å². The lowest BCUT2D eigenvalue weighted by atomic mass is 10.1. The van der Waals surface area contributed by atoms with Gasteiger partial charge >= 0.3 is 0 Å². The van der Waals surface area contributed by atoms with Crippen LogP contribution in [0.3, 0.4) is 0 Å². The Bertz CT molecular complexity index is 763. The lowest BCUT2D eigenvalue weighted by Crippen LogP contribution is -2.44. The van der Waals surface area contributed by atoms with Gasteiger partial charge in [0.1, 0.15) is 5.75 Å². The number of carbonyl (C=O) groups excluding carboxylic acids is 2. The third-order valence-electron chi connectivity index (χ3n) is 4.42. The predicted molar refractivity (Wildman–Crippen MR) is 111 cm³/mol. The quantitative estimate of drug-likeness (QED) is 0.659. The summed E-state index contributed by atoms with van der Waals surface area (Å²) in [5.41, 5.74) is 1.64. The van der Waals surface area contributed by atoms with Crippen molar-refractivity contribution >= 4 is 11.8 Å². The summed E-state index contributed by atoms with van der Waals surface area (Å²) in [6, 6.07) is 17.3. The molecule has 1 unspecified atom stereocenters. The molecule has 2 aromatic rings. The van der Waals surface area contributed by atoms with Gasteiger partial charge in [0.05, 0.1) is 18.7 Å². The number of amides is 2. The molecule has 0 heterocycles. The first-order valence-corrected chi connectivity index (χ1v) is 9.48. The fourth-order valence-electron chi connectivity index (χ4n) is 2.81. The predicted octanol–water partition coefficient (Wildman–Crippen LogP) is 2.10. The summed E-state index contributed by atoms with van der Waals surface area (Å²) in [6.07, 6.45) is 0.836. The molecule has 0 aliphatic carbocycles. The number of ether oxygens (including phenoxy) is 1. The van der Waals surface area contributed by atoms with E-state index in [9.17, 15) is 9.59 Å². The van der Waals surface area contributed by atoms with Crippen LogP contribution in [-0.4, -0.2) is 56.5 Å². The van der Waals surface area contributed by atoms with E-state index in [0.29, 0.717) is 24.5 Å². The van der Waals surface area contributed by atoms with Crippen LogP contribution < -0.4 is 15.4 Å². The molecule has 0 aromatic heterocycles. The zero-order valence-corrected chi connectivity index (χ0v) is 16.8.